The van der Waals surface area contributed by atoms with E-state index in [2.05, 4.69) is 24.3 Å². The van der Waals surface area contributed by atoms with E-state index in [1.807, 2.05) is 24.3 Å². The zero-order valence-corrected chi connectivity index (χ0v) is 10.5. The zero-order chi connectivity index (χ0) is 12.8. The lowest BCUT2D eigenvalue weighted by Crippen LogP contribution is -1.93. The lowest BCUT2D eigenvalue weighted by Gasteiger charge is -2.05. The van der Waals surface area contributed by atoms with Crippen LogP contribution in [0.1, 0.15) is 16.7 Å². The van der Waals surface area contributed by atoms with E-state index in [9.17, 15) is 0 Å². The van der Waals surface area contributed by atoms with Crippen LogP contribution in [0.25, 0.3) is 0 Å². The normalized spacial score (nSPS) is 10.3. The fraction of sp³-hybridized carbons (Fsp3) is 0.250. The molecule has 93 valence electrons. The Bertz CT molecular complexity index is 471. The molecule has 2 rings (SSSR count). The molecule has 2 aromatic rings. The molecule has 1 radical (unpaired) electrons. The van der Waals surface area contributed by atoms with E-state index in [1.165, 1.54) is 5.56 Å². The highest BCUT2D eigenvalue weighted by atomic mass is 16.5. The molecule has 0 saturated carbocycles. The molecule has 0 fully saturated rings. The van der Waals surface area contributed by atoms with E-state index in [-0.39, 0.29) is 6.61 Å². The van der Waals surface area contributed by atoms with Gasteiger partial charge in [-0.15, -0.1) is 0 Å². The fourth-order valence-electron chi connectivity index (χ4n) is 1.85. The summed E-state index contributed by atoms with van der Waals surface area (Å²) < 4.78 is 5.13. The Balaban J connectivity index is 2.03. The van der Waals surface area contributed by atoms with Crippen molar-refractivity contribution < 1.29 is 9.84 Å². The minimum Gasteiger partial charge on any atom is -0.497 e. The molecule has 0 unspecified atom stereocenters. The molecule has 0 amide bonds. The summed E-state index contributed by atoms with van der Waals surface area (Å²) in [4.78, 5) is 0. The highest BCUT2D eigenvalue weighted by molar-refractivity contribution is 5.32. The minimum absolute atomic E-state index is 0.186. The number of ether oxygens (including phenoxy) is 1. The molecule has 18 heavy (non-hydrogen) atoms. The van der Waals surface area contributed by atoms with Crippen molar-refractivity contribution in [2.75, 3.05) is 13.7 Å². The van der Waals surface area contributed by atoms with Crippen LogP contribution in [0.15, 0.2) is 42.5 Å². The summed E-state index contributed by atoms with van der Waals surface area (Å²) in [5.41, 5.74) is 3.51. The Labute approximate surface area is 108 Å². The van der Waals surface area contributed by atoms with Crippen LogP contribution in [-0.4, -0.2) is 18.8 Å². The molecule has 0 atom stereocenters. The van der Waals surface area contributed by atoms with Crippen LogP contribution in [0.2, 0.25) is 0 Å². The molecule has 2 aromatic carbocycles. The maximum Gasteiger partial charge on any atom is 0.118 e. The number of rotatable bonds is 5. The summed E-state index contributed by atoms with van der Waals surface area (Å²) in [6, 6.07) is 17.4. The molecule has 0 heterocycles. The molecule has 1 N–H and O–H groups in total. The van der Waals surface area contributed by atoms with Gasteiger partial charge in [-0.3, -0.25) is 0 Å². The van der Waals surface area contributed by atoms with E-state index in [1.54, 1.807) is 7.11 Å². The lowest BCUT2D eigenvalue weighted by atomic mass is 10.0. The van der Waals surface area contributed by atoms with Gasteiger partial charge in [0, 0.05) is 6.61 Å². The second-order valence-corrected chi connectivity index (χ2v) is 4.22. The molecule has 2 heteroatoms. The van der Waals surface area contributed by atoms with Crippen molar-refractivity contribution in [3.05, 3.63) is 65.2 Å². The molecule has 0 aliphatic heterocycles. The van der Waals surface area contributed by atoms with Gasteiger partial charge in [0.25, 0.3) is 0 Å². The van der Waals surface area contributed by atoms with Crippen molar-refractivity contribution in [3.8, 4) is 5.75 Å². The highest BCUT2D eigenvalue weighted by Gasteiger charge is 1.98. The highest BCUT2D eigenvalue weighted by Crippen LogP contribution is 2.15. The molecule has 0 bridgehead atoms. The van der Waals surface area contributed by atoms with Crippen LogP contribution < -0.4 is 4.74 Å². The first-order chi connectivity index (χ1) is 8.81. The molecule has 2 nitrogen and oxygen atoms in total. The molecule has 0 aliphatic rings. The van der Waals surface area contributed by atoms with Crippen LogP contribution in [-0.2, 0) is 12.8 Å². The van der Waals surface area contributed by atoms with Crippen LogP contribution >= 0.6 is 0 Å². The first-order valence-electron chi connectivity index (χ1n) is 6.05. The Kier molecular flexibility index (Phi) is 4.37. The smallest absolute Gasteiger partial charge is 0.118 e. The number of benzene rings is 2. The predicted molar refractivity (Wildman–Crippen MR) is 71.9 cm³/mol. The van der Waals surface area contributed by atoms with Gasteiger partial charge in [-0.1, -0.05) is 30.3 Å². The molecule has 0 saturated heterocycles. The van der Waals surface area contributed by atoms with Crippen LogP contribution in [0, 0.1) is 6.07 Å². The van der Waals surface area contributed by atoms with Crippen LogP contribution in [0.4, 0.5) is 0 Å². The topological polar surface area (TPSA) is 29.5 Å². The standard InChI is InChI=1S/C16H17O2/c1-18-16-8-6-15(7-9-16)12-14-4-2-13(3-5-14)10-11-17/h2-4,6-9,17H,10-12H2,1H3. The van der Waals surface area contributed by atoms with E-state index < -0.39 is 0 Å². The van der Waals surface area contributed by atoms with Crippen molar-refractivity contribution in [3.63, 3.8) is 0 Å². The summed E-state index contributed by atoms with van der Waals surface area (Å²) in [6.07, 6.45) is 1.56. The summed E-state index contributed by atoms with van der Waals surface area (Å²) in [5.74, 6) is 0.876. The molecule has 0 spiro atoms. The molecule has 0 aliphatic carbocycles. The van der Waals surface area contributed by atoms with Crippen molar-refractivity contribution in [2.45, 2.75) is 12.8 Å². The number of hydrogen-bond donors (Lipinski definition) is 1. The quantitative estimate of drug-likeness (QED) is 0.872. The van der Waals surface area contributed by atoms with E-state index in [0.717, 1.165) is 23.3 Å². The van der Waals surface area contributed by atoms with Gasteiger partial charge in [-0.2, -0.15) is 0 Å². The number of methoxy groups -OCH3 is 1. The van der Waals surface area contributed by atoms with Crippen molar-refractivity contribution in [2.24, 2.45) is 0 Å². The third-order valence-corrected chi connectivity index (χ3v) is 2.90. The Morgan fingerprint density at radius 1 is 1.06 bits per heavy atom. The van der Waals surface area contributed by atoms with Gasteiger partial charge >= 0.3 is 0 Å². The average molecular weight is 241 g/mol. The Morgan fingerprint density at radius 2 is 1.78 bits per heavy atom. The molecular formula is C16H17O2. The van der Waals surface area contributed by atoms with Gasteiger partial charge in [-0.05, 0) is 47.7 Å². The average Bonchev–Trinajstić information content (AvgIpc) is 2.42. The maximum atomic E-state index is 8.85. The Hall–Kier alpha value is -1.80. The van der Waals surface area contributed by atoms with Gasteiger partial charge in [0.15, 0.2) is 0 Å². The first-order valence-corrected chi connectivity index (χ1v) is 6.05. The van der Waals surface area contributed by atoms with Crippen LogP contribution in [0.5, 0.6) is 5.75 Å². The lowest BCUT2D eigenvalue weighted by molar-refractivity contribution is 0.299. The Morgan fingerprint density at radius 3 is 2.33 bits per heavy atom. The fourth-order valence-corrected chi connectivity index (χ4v) is 1.85. The zero-order valence-electron chi connectivity index (χ0n) is 10.5. The number of hydrogen-bond acceptors (Lipinski definition) is 2. The maximum absolute atomic E-state index is 8.85. The van der Waals surface area contributed by atoms with E-state index >= 15 is 0 Å². The number of aliphatic hydroxyl groups excluding tert-OH is 1. The molecular weight excluding hydrogens is 224 g/mol. The molecule has 0 aromatic heterocycles. The minimum atomic E-state index is 0.186. The van der Waals surface area contributed by atoms with Crippen molar-refractivity contribution in [1.29, 1.82) is 0 Å². The van der Waals surface area contributed by atoms with Gasteiger partial charge in [0.1, 0.15) is 5.75 Å². The van der Waals surface area contributed by atoms with Gasteiger partial charge in [-0.25, -0.2) is 0 Å². The van der Waals surface area contributed by atoms with Crippen molar-refractivity contribution in [1.82, 2.24) is 0 Å². The monoisotopic (exact) mass is 241 g/mol. The third-order valence-electron chi connectivity index (χ3n) is 2.90. The SMILES string of the molecule is COc1ccc(Cc2[c]cc(CCO)cc2)cc1. The summed E-state index contributed by atoms with van der Waals surface area (Å²) >= 11 is 0. The summed E-state index contributed by atoms with van der Waals surface area (Å²) in [5, 5.41) is 8.85. The van der Waals surface area contributed by atoms with Crippen molar-refractivity contribution >= 4 is 0 Å². The first kappa shape index (κ1) is 12.7. The second-order valence-electron chi connectivity index (χ2n) is 4.22. The van der Waals surface area contributed by atoms with Gasteiger partial charge in [0.2, 0.25) is 0 Å². The predicted octanol–water partition coefficient (Wildman–Crippen LogP) is 2.62. The third kappa shape index (κ3) is 3.34. The van der Waals surface area contributed by atoms with Crippen LogP contribution in [0.3, 0.4) is 0 Å². The van der Waals surface area contributed by atoms with Gasteiger partial charge < -0.3 is 9.84 Å². The largest absolute Gasteiger partial charge is 0.497 e. The summed E-state index contributed by atoms with van der Waals surface area (Å²) in [6.45, 7) is 0.186. The number of aliphatic hydroxyl groups is 1. The van der Waals surface area contributed by atoms with Gasteiger partial charge in [0.05, 0.1) is 7.11 Å². The van der Waals surface area contributed by atoms with E-state index in [0.29, 0.717) is 6.42 Å². The summed E-state index contributed by atoms with van der Waals surface area (Å²) in [7, 11) is 1.67. The van der Waals surface area contributed by atoms with E-state index in [4.69, 9.17) is 9.84 Å². The second kappa shape index (κ2) is 6.22.